The highest BCUT2D eigenvalue weighted by molar-refractivity contribution is 7.80. The van der Waals surface area contributed by atoms with E-state index in [9.17, 15) is 4.79 Å². The van der Waals surface area contributed by atoms with E-state index in [4.69, 9.17) is 22.7 Å². The highest BCUT2D eigenvalue weighted by Crippen LogP contribution is 2.32. The molecule has 1 heterocycles. The molecule has 1 aliphatic heterocycles. The number of hydrogen-bond donors (Lipinski definition) is 1. The second kappa shape index (κ2) is 6.02. The number of piperidine rings is 1. The van der Waals surface area contributed by atoms with E-state index in [-0.39, 0.29) is 11.3 Å². The van der Waals surface area contributed by atoms with Gasteiger partial charge in [-0.05, 0) is 31.9 Å². The van der Waals surface area contributed by atoms with Crippen molar-refractivity contribution in [3.8, 4) is 5.75 Å². The standard InChI is InChI=1S/C16H22N2O2S/c1-11-4-5-13(20-3)12(10-11)14(19)18-8-6-16(2,7-9-18)15(17)21/h4-5,10H,6-9H2,1-3H3,(H2,17,21). The predicted octanol–water partition coefficient (Wildman–Crippen LogP) is 2.53. The molecule has 114 valence electrons. The van der Waals surface area contributed by atoms with E-state index >= 15 is 0 Å². The van der Waals surface area contributed by atoms with E-state index in [1.165, 1.54) is 0 Å². The molecule has 1 fully saturated rings. The number of methoxy groups -OCH3 is 1. The lowest BCUT2D eigenvalue weighted by atomic mass is 9.80. The Kier molecular flexibility index (Phi) is 4.52. The maximum atomic E-state index is 12.7. The van der Waals surface area contributed by atoms with Crippen LogP contribution in [-0.2, 0) is 0 Å². The van der Waals surface area contributed by atoms with E-state index in [2.05, 4.69) is 6.92 Å². The number of thiocarbonyl (C=S) groups is 1. The molecule has 0 unspecified atom stereocenters. The molecule has 0 aromatic heterocycles. The van der Waals surface area contributed by atoms with Gasteiger partial charge in [0.1, 0.15) is 5.75 Å². The van der Waals surface area contributed by atoms with Crippen molar-refractivity contribution in [1.82, 2.24) is 4.90 Å². The lowest BCUT2D eigenvalue weighted by molar-refractivity contribution is 0.0667. The van der Waals surface area contributed by atoms with Crippen LogP contribution in [0.15, 0.2) is 18.2 Å². The average molecular weight is 306 g/mol. The minimum atomic E-state index is -0.136. The van der Waals surface area contributed by atoms with Crippen LogP contribution in [0.25, 0.3) is 0 Å². The van der Waals surface area contributed by atoms with Crippen molar-refractivity contribution >= 4 is 23.1 Å². The number of rotatable bonds is 3. The largest absolute Gasteiger partial charge is 0.496 e. The van der Waals surface area contributed by atoms with Gasteiger partial charge >= 0.3 is 0 Å². The van der Waals surface area contributed by atoms with E-state index in [1.54, 1.807) is 7.11 Å². The highest BCUT2D eigenvalue weighted by atomic mass is 32.1. The van der Waals surface area contributed by atoms with E-state index < -0.39 is 0 Å². The molecule has 1 aliphatic rings. The van der Waals surface area contributed by atoms with Crippen LogP contribution in [0.1, 0.15) is 35.7 Å². The molecular formula is C16H22N2O2S. The van der Waals surface area contributed by atoms with Gasteiger partial charge in [-0.1, -0.05) is 30.8 Å². The summed E-state index contributed by atoms with van der Waals surface area (Å²) in [5.41, 5.74) is 7.34. The van der Waals surface area contributed by atoms with Crippen LogP contribution in [0.3, 0.4) is 0 Å². The maximum Gasteiger partial charge on any atom is 0.257 e. The van der Waals surface area contributed by atoms with E-state index in [1.807, 2.05) is 30.0 Å². The second-order valence-electron chi connectivity index (χ2n) is 5.92. The summed E-state index contributed by atoms with van der Waals surface area (Å²) in [6.07, 6.45) is 1.62. The lowest BCUT2D eigenvalue weighted by Crippen LogP contribution is -2.46. The van der Waals surface area contributed by atoms with E-state index in [0.717, 1.165) is 18.4 Å². The fourth-order valence-corrected chi connectivity index (χ4v) is 2.81. The first kappa shape index (κ1) is 15.8. The van der Waals surface area contributed by atoms with Gasteiger partial charge in [-0.3, -0.25) is 4.79 Å². The third-order valence-electron chi connectivity index (χ3n) is 4.33. The molecule has 0 aliphatic carbocycles. The molecule has 4 nitrogen and oxygen atoms in total. The van der Waals surface area contributed by atoms with Crippen LogP contribution < -0.4 is 10.5 Å². The van der Waals surface area contributed by atoms with Gasteiger partial charge in [0.2, 0.25) is 0 Å². The van der Waals surface area contributed by atoms with Crippen molar-refractivity contribution in [3.05, 3.63) is 29.3 Å². The summed E-state index contributed by atoms with van der Waals surface area (Å²) in [7, 11) is 1.58. The van der Waals surface area contributed by atoms with Gasteiger partial charge in [0, 0.05) is 18.5 Å². The Morgan fingerprint density at radius 3 is 2.52 bits per heavy atom. The number of benzene rings is 1. The summed E-state index contributed by atoms with van der Waals surface area (Å²) >= 11 is 5.14. The Morgan fingerprint density at radius 1 is 1.38 bits per heavy atom. The number of hydrogen-bond acceptors (Lipinski definition) is 3. The van der Waals surface area contributed by atoms with Crippen LogP contribution in [-0.4, -0.2) is 36.0 Å². The zero-order valence-corrected chi connectivity index (χ0v) is 13.6. The summed E-state index contributed by atoms with van der Waals surface area (Å²) in [4.78, 5) is 15.1. The van der Waals surface area contributed by atoms with Crippen molar-refractivity contribution in [2.75, 3.05) is 20.2 Å². The Morgan fingerprint density at radius 2 is 2.00 bits per heavy atom. The zero-order valence-electron chi connectivity index (χ0n) is 12.8. The quantitative estimate of drug-likeness (QED) is 0.872. The molecule has 0 bridgehead atoms. The number of carbonyl (C=O) groups is 1. The molecule has 21 heavy (non-hydrogen) atoms. The van der Waals surface area contributed by atoms with Crippen LogP contribution >= 0.6 is 12.2 Å². The first-order valence-corrected chi connectivity index (χ1v) is 7.52. The third-order valence-corrected chi connectivity index (χ3v) is 4.83. The summed E-state index contributed by atoms with van der Waals surface area (Å²) in [6, 6.07) is 5.66. The summed E-state index contributed by atoms with van der Waals surface area (Å²) in [5, 5.41) is 0. The van der Waals surface area contributed by atoms with Gasteiger partial charge in [-0.25, -0.2) is 0 Å². The topological polar surface area (TPSA) is 55.6 Å². The number of aryl methyl sites for hydroxylation is 1. The molecule has 0 spiro atoms. The fourth-order valence-electron chi connectivity index (χ4n) is 2.61. The molecule has 0 radical (unpaired) electrons. The fraction of sp³-hybridized carbons (Fsp3) is 0.500. The van der Waals surface area contributed by atoms with Crippen molar-refractivity contribution in [2.45, 2.75) is 26.7 Å². The first-order chi connectivity index (χ1) is 9.87. The number of carbonyl (C=O) groups excluding carboxylic acids is 1. The molecule has 1 saturated heterocycles. The number of nitrogens with zero attached hydrogens (tertiary/aromatic N) is 1. The molecule has 0 atom stereocenters. The zero-order chi connectivity index (χ0) is 15.6. The molecule has 1 amide bonds. The van der Waals surface area contributed by atoms with E-state index in [0.29, 0.717) is 29.4 Å². The normalized spacial score (nSPS) is 17.4. The van der Waals surface area contributed by atoms with Crippen molar-refractivity contribution < 1.29 is 9.53 Å². The molecule has 5 heteroatoms. The first-order valence-electron chi connectivity index (χ1n) is 7.11. The SMILES string of the molecule is COc1ccc(C)cc1C(=O)N1CCC(C)(C(N)=S)CC1. The number of likely N-dealkylation sites (tertiary alicyclic amines) is 1. The Bertz CT molecular complexity index is 563. The van der Waals surface area contributed by atoms with Crippen LogP contribution in [0.2, 0.25) is 0 Å². The summed E-state index contributed by atoms with van der Waals surface area (Å²) in [5.74, 6) is 0.633. The molecule has 2 N–H and O–H groups in total. The van der Waals surface area contributed by atoms with Crippen molar-refractivity contribution in [3.63, 3.8) is 0 Å². The van der Waals surface area contributed by atoms with Gasteiger partial charge in [0.25, 0.3) is 5.91 Å². The van der Waals surface area contributed by atoms with Crippen LogP contribution in [0.4, 0.5) is 0 Å². The minimum absolute atomic E-state index is 0.0144. The molecule has 1 aromatic carbocycles. The third kappa shape index (κ3) is 3.18. The Hall–Kier alpha value is -1.62. The van der Waals surface area contributed by atoms with Crippen molar-refractivity contribution in [1.29, 1.82) is 0 Å². The predicted molar refractivity (Wildman–Crippen MR) is 87.8 cm³/mol. The van der Waals surface area contributed by atoms with Crippen LogP contribution in [0.5, 0.6) is 5.75 Å². The Balaban J connectivity index is 2.16. The van der Waals surface area contributed by atoms with Crippen LogP contribution in [0, 0.1) is 12.3 Å². The summed E-state index contributed by atoms with van der Waals surface area (Å²) in [6.45, 7) is 5.38. The molecular weight excluding hydrogens is 284 g/mol. The monoisotopic (exact) mass is 306 g/mol. The number of amides is 1. The molecule has 2 rings (SSSR count). The highest BCUT2D eigenvalue weighted by Gasteiger charge is 2.34. The van der Waals surface area contributed by atoms with Gasteiger partial charge < -0.3 is 15.4 Å². The average Bonchev–Trinajstić information content (AvgIpc) is 2.47. The molecule has 1 aromatic rings. The maximum absolute atomic E-state index is 12.7. The molecule has 0 saturated carbocycles. The second-order valence-corrected chi connectivity index (χ2v) is 6.36. The van der Waals surface area contributed by atoms with Gasteiger partial charge in [-0.15, -0.1) is 0 Å². The number of ether oxygens (including phenoxy) is 1. The van der Waals surface area contributed by atoms with Crippen molar-refractivity contribution in [2.24, 2.45) is 11.1 Å². The lowest BCUT2D eigenvalue weighted by Gasteiger charge is -2.38. The summed E-state index contributed by atoms with van der Waals surface area (Å²) < 4.78 is 5.30. The number of nitrogens with two attached hydrogens (primary N) is 1. The smallest absolute Gasteiger partial charge is 0.257 e. The van der Waals surface area contributed by atoms with Gasteiger partial charge in [0.15, 0.2) is 0 Å². The van der Waals surface area contributed by atoms with Gasteiger partial charge in [-0.2, -0.15) is 0 Å². The minimum Gasteiger partial charge on any atom is -0.496 e. The Labute approximate surface area is 131 Å². The van der Waals surface area contributed by atoms with Gasteiger partial charge in [0.05, 0.1) is 17.7 Å².